The van der Waals surface area contributed by atoms with Gasteiger partial charge in [-0.25, -0.2) is 0 Å². The minimum absolute atomic E-state index is 0.0754. The SMILES string of the molecule is C=CCN(Cc1cccc([N+](=O)[O-])c1)C(=O)c1sccc1SC(F)F. The standard InChI is InChI=1S/C16H14F2N2O3S2/c1-2-7-19(10-11-4-3-5-12(9-11)20(22)23)15(21)14-13(6-8-24-14)25-16(17)18/h2-6,8-9,16H,1,7,10H2. The number of hydrogen-bond acceptors (Lipinski definition) is 5. The molecule has 1 heterocycles. The van der Waals surface area contributed by atoms with E-state index in [4.69, 9.17) is 0 Å². The zero-order valence-corrected chi connectivity index (χ0v) is 14.6. The molecule has 25 heavy (non-hydrogen) atoms. The maximum Gasteiger partial charge on any atom is 0.288 e. The van der Waals surface area contributed by atoms with Gasteiger partial charge in [0.2, 0.25) is 0 Å². The van der Waals surface area contributed by atoms with Gasteiger partial charge in [0.15, 0.2) is 0 Å². The third-order valence-electron chi connectivity index (χ3n) is 3.17. The second-order valence-electron chi connectivity index (χ2n) is 4.89. The number of nitro groups is 1. The third kappa shape index (κ3) is 5.10. The highest BCUT2D eigenvalue weighted by molar-refractivity contribution is 7.99. The zero-order chi connectivity index (χ0) is 18.4. The molecule has 2 aromatic rings. The van der Waals surface area contributed by atoms with Gasteiger partial charge in [-0.3, -0.25) is 14.9 Å². The molecule has 0 fully saturated rings. The van der Waals surface area contributed by atoms with E-state index in [1.54, 1.807) is 11.4 Å². The molecule has 0 aliphatic carbocycles. The number of carbonyl (C=O) groups is 1. The molecule has 0 bridgehead atoms. The number of nitrogens with zero attached hydrogens (tertiary/aromatic N) is 2. The lowest BCUT2D eigenvalue weighted by molar-refractivity contribution is -0.384. The van der Waals surface area contributed by atoms with Crippen molar-refractivity contribution in [2.24, 2.45) is 0 Å². The van der Waals surface area contributed by atoms with Crippen molar-refractivity contribution in [1.82, 2.24) is 4.90 Å². The molecule has 0 atom stereocenters. The van der Waals surface area contributed by atoms with Crippen LogP contribution in [0.3, 0.4) is 0 Å². The summed E-state index contributed by atoms with van der Waals surface area (Å²) in [5.41, 5.74) is 0.498. The Kier molecular flexibility index (Phi) is 6.65. The predicted molar refractivity (Wildman–Crippen MR) is 94.2 cm³/mol. The van der Waals surface area contributed by atoms with Gasteiger partial charge in [-0.15, -0.1) is 17.9 Å². The van der Waals surface area contributed by atoms with Gasteiger partial charge >= 0.3 is 0 Å². The lowest BCUT2D eigenvalue weighted by Crippen LogP contribution is -2.30. The first-order chi connectivity index (χ1) is 11.9. The molecule has 0 saturated heterocycles. The van der Waals surface area contributed by atoms with E-state index in [9.17, 15) is 23.7 Å². The molecular weight excluding hydrogens is 370 g/mol. The molecule has 132 valence electrons. The number of non-ortho nitro benzene ring substituents is 1. The maximum atomic E-state index is 12.7. The summed E-state index contributed by atoms with van der Waals surface area (Å²) in [5.74, 6) is -3.03. The van der Waals surface area contributed by atoms with Crippen LogP contribution < -0.4 is 0 Å². The second-order valence-corrected chi connectivity index (χ2v) is 6.84. The number of carbonyl (C=O) groups excluding carboxylic acids is 1. The van der Waals surface area contributed by atoms with Crippen LogP contribution in [0.15, 0.2) is 53.3 Å². The number of nitro benzene ring substituents is 1. The molecule has 0 radical (unpaired) electrons. The Bertz CT molecular complexity index is 780. The Hall–Kier alpha value is -2.26. The van der Waals surface area contributed by atoms with Crippen molar-refractivity contribution >= 4 is 34.7 Å². The number of benzene rings is 1. The van der Waals surface area contributed by atoms with E-state index in [-0.39, 0.29) is 28.5 Å². The molecule has 0 aliphatic heterocycles. The van der Waals surface area contributed by atoms with Crippen LogP contribution >= 0.6 is 23.1 Å². The fourth-order valence-corrected chi connectivity index (χ4v) is 3.81. The van der Waals surface area contributed by atoms with Gasteiger partial charge < -0.3 is 4.90 Å². The smallest absolute Gasteiger partial charge is 0.288 e. The summed E-state index contributed by atoms with van der Waals surface area (Å²) in [4.78, 5) is 24.9. The van der Waals surface area contributed by atoms with Crippen LogP contribution in [0.1, 0.15) is 15.2 Å². The van der Waals surface area contributed by atoms with E-state index >= 15 is 0 Å². The highest BCUT2D eigenvalue weighted by atomic mass is 32.2. The summed E-state index contributed by atoms with van der Waals surface area (Å²) in [6.45, 7) is 3.91. The Balaban J connectivity index is 2.24. The predicted octanol–water partition coefficient (Wildman–Crippen LogP) is 4.80. The Labute approximate surface area is 151 Å². The van der Waals surface area contributed by atoms with Crippen LogP contribution in [0.4, 0.5) is 14.5 Å². The van der Waals surface area contributed by atoms with Crippen molar-refractivity contribution < 1.29 is 18.5 Å². The van der Waals surface area contributed by atoms with Crippen molar-refractivity contribution in [3.8, 4) is 0 Å². The van der Waals surface area contributed by atoms with Gasteiger partial charge in [-0.05, 0) is 17.0 Å². The zero-order valence-electron chi connectivity index (χ0n) is 12.9. The molecule has 1 aromatic carbocycles. The highest BCUT2D eigenvalue weighted by Gasteiger charge is 2.22. The third-order valence-corrected chi connectivity index (χ3v) is 4.97. The van der Waals surface area contributed by atoms with Gasteiger partial charge in [0.05, 0.1) is 4.92 Å². The lowest BCUT2D eigenvalue weighted by Gasteiger charge is -2.21. The van der Waals surface area contributed by atoms with Crippen LogP contribution in [0, 0.1) is 10.1 Å². The van der Waals surface area contributed by atoms with E-state index in [0.717, 1.165) is 11.3 Å². The van der Waals surface area contributed by atoms with Gasteiger partial charge in [0.25, 0.3) is 17.4 Å². The first kappa shape index (κ1) is 19.1. The van der Waals surface area contributed by atoms with Gasteiger partial charge in [0, 0.05) is 30.1 Å². The van der Waals surface area contributed by atoms with Crippen LogP contribution in [0.2, 0.25) is 0 Å². The Morgan fingerprint density at radius 2 is 2.20 bits per heavy atom. The minimum atomic E-state index is -2.62. The average Bonchev–Trinajstić information content (AvgIpc) is 3.01. The molecule has 9 heteroatoms. The van der Waals surface area contributed by atoms with Crippen LogP contribution in [-0.4, -0.2) is 28.0 Å². The molecule has 1 aromatic heterocycles. The van der Waals surface area contributed by atoms with Gasteiger partial charge in [-0.2, -0.15) is 8.78 Å². The van der Waals surface area contributed by atoms with Crippen molar-refractivity contribution in [1.29, 1.82) is 0 Å². The van der Waals surface area contributed by atoms with E-state index in [1.165, 1.54) is 35.2 Å². The summed E-state index contributed by atoms with van der Waals surface area (Å²) >= 11 is 1.41. The number of alkyl halides is 2. The number of hydrogen-bond donors (Lipinski definition) is 0. The number of rotatable bonds is 8. The highest BCUT2D eigenvalue weighted by Crippen LogP contribution is 2.33. The molecule has 0 unspecified atom stereocenters. The lowest BCUT2D eigenvalue weighted by atomic mass is 10.2. The number of thioether (sulfide) groups is 1. The van der Waals surface area contributed by atoms with Crippen molar-refractivity contribution in [2.45, 2.75) is 17.2 Å². The molecule has 2 rings (SSSR count). The van der Waals surface area contributed by atoms with Crippen molar-refractivity contribution in [3.63, 3.8) is 0 Å². The monoisotopic (exact) mass is 384 g/mol. The largest absolute Gasteiger partial charge is 0.330 e. The summed E-state index contributed by atoms with van der Waals surface area (Å²) in [6, 6.07) is 7.42. The number of amides is 1. The molecular formula is C16H14F2N2O3S2. The molecule has 1 amide bonds. The fraction of sp³-hybridized carbons (Fsp3) is 0.188. The van der Waals surface area contributed by atoms with Crippen LogP contribution in [-0.2, 0) is 6.54 Å². The van der Waals surface area contributed by atoms with Gasteiger partial charge in [0.1, 0.15) is 4.88 Å². The molecule has 0 N–H and O–H groups in total. The second kappa shape index (κ2) is 8.72. The van der Waals surface area contributed by atoms with Crippen LogP contribution in [0.5, 0.6) is 0 Å². The average molecular weight is 384 g/mol. The Morgan fingerprint density at radius 1 is 1.44 bits per heavy atom. The molecule has 0 aliphatic rings. The topological polar surface area (TPSA) is 63.4 Å². The van der Waals surface area contributed by atoms with E-state index < -0.39 is 16.6 Å². The van der Waals surface area contributed by atoms with E-state index in [2.05, 4.69) is 6.58 Å². The summed E-state index contributed by atoms with van der Waals surface area (Å²) < 4.78 is 25.2. The summed E-state index contributed by atoms with van der Waals surface area (Å²) in [6.07, 6.45) is 1.52. The van der Waals surface area contributed by atoms with Gasteiger partial charge in [-0.1, -0.05) is 30.0 Å². The molecule has 0 spiro atoms. The summed E-state index contributed by atoms with van der Waals surface area (Å²) in [5, 5.41) is 12.5. The number of thiophene rings is 1. The normalized spacial score (nSPS) is 10.7. The van der Waals surface area contributed by atoms with E-state index in [0.29, 0.717) is 17.3 Å². The first-order valence-corrected chi connectivity index (χ1v) is 8.84. The first-order valence-electron chi connectivity index (χ1n) is 7.08. The molecule has 5 nitrogen and oxygen atoms in total. The fourth-order valence-electron chi connectivity index (χ4n) is 2.15. The number of halogens is 2. The molecule has 0 saturated carbocycles. The minimum Gasteiger partial charge on any atom is -0.330 e. The van der Waals surface area contributed by atoms with E-state index in [1.807, 2.05) is 0 Å². The summed E-state index contributed by atoms with van der Waals surface area (Å²) in [7, 11) is 0. The Morgan fingerprint density at radius 3 is 2.84 bits per heavy atom. The van der Waals surface area contributed by atoms with Crippen molar-refractivity contribution in [2.75, 3.05) is 6.54 Å². The maximum absolute atomic E-state index is 12.7. The quantitative estimate of drug-likeness (QED) is 0.284. The van der Waals surface area contributed by atoms with Crippen molar-refractivity contribution in [3.05, 3.63) is 68.9 Å². The van der Waals surface area contributed by atoms with Crippen LogP contribution in [0.25, 0.3) is 0 Å².